The smallest absolute Gasteiger partial charge is 0.244 e. The van der Waals surface area contributed by atoms with Crippen molar-refractivity contribution in [3.8, 4) is 5.75 Å². The van der Waals surface area contributed by atoms with Gasteiger partial charge in [0.2, 0.25) is 11.8 Å². The number of hydrogen-bond donors (Lipinski definition) is 2. The number of hydrogen-bond acceptors (Lipinski definition) is 4. The van der Waals surface area contributed by atoms with Crippen molar-refractivity contribution in [1.82, 2.24) is 0 Å². The first kappa shape index (κ1) is 14.5. The molecule has 2 N–H and O–H groups in total. The van der Waals surface area contributed by atoms with E-state index in [0.717, 1.165) is 10.6 Å². The highest BCUT2D eigenvalue weighted by Crippen LogP contribution is 2.34. The second-order valence-electron chi connectivity index (χ2n) is 4.83. The van der Waals surface area contributed by atoms with Crippen LogP contribution in [0.25, 0.3) is 0 Å². The number of phenolic OH excluding ortho intramolecular Hbond substituents is 1. The van der Waals surface area contributed by atoms with Gasteiger partial charge in [0.15, 0.2) is 0 Å². The molecule has 0 spiro atoms. The SMILES string of the molecule is O=C(CN1C(=O)CSc2ccccc21)Nc1ccc(O)cc1. The van der Waals surface area contributed by atoms with Gasteiger partial charge < -0.3 is 15.3 Å². The number of carbonyl (C=O) groups excluding carboxylic acids is 2. The number of phenols is 1. The maximum atomic E-state index is 12.1. The monoisotopic (exact) mass is 314 g/mol. The van der Waals surface area contributed by atoms with E-state index in [-0.39, 0.29) is 24.1 Å². The number of nitrogens with zero attached hydrogens (tertiary/aromatic N) is 1. The van der Waals surface area contributed by atoms with Gasteiger partial charge in [0.25, 0.3) is 0 Å². The molecule has 0 fully saturated rings. The summed E-state index contributed by atoms with van der Waals surface area (Å²) < 4.78 is 0. The third-order valence-electron chi connectivity index (χ3n) is 3.26. The summed E-state index contributed by atoms with van der Waals surface area (Å²) >= 11 is 1.48. The van der Waals surface area contributed by atoms with Crippen LogP contribution in [0.1, 0.15) is 0 Å². The molecule has 0 atom stereocenters. The molecule has 3 rings (SSSR count). The molecule has 6 heteroatoms. The van der Waals surface area contributed by atoms with E-state index in [1.54, 1.807) is 12.1 Å². The van der Waals surface area contributed by atoms with Gasteiger partial charge in [-0.3, -0.25) is 9.59 Å². The molecule has 1 heterocycles. The van der Waals surface area contributed by atoms with Crippen molar-refractivity contribution in [3.05, 3.63) is 48.5 Å². The zero-order valence-corrected chi connectivity index (χ0v) is 12.5. The highest BCUT2D eigenvalue weighted by molar-refractivity contribution is 8.00. The first-order valence-corrected chi connectivity index (χ1v) is 7.73. The zero-order valence-electron chi connectivity index (χ0n) is 11.7. The average Bonchev–Trinajstić information content (AvgIpc) is 2.52. The van der Waals surface area contributed by atoms with E-state index in [0.29, 0.717) is 11.4 Å². The lowest BCUT2D eigenvalue weighted by atomic mass is 10.2. The third kappa shape index (κ3) is 3.07. The van der Waals surface area contributed by atoms with Crippen molar-refractivity contribution in [1.29, 1.82) is 0 Å². The lowest BCUT2D eigenvalue weighted by Gasteiger charge is -2.28. The predicted molar refractivity (Wildman–Crippen MR) is 86.3 cm³/mol. The van der Waals surface area contributed by atoms with Crippen LogP contribution in [0.15, 0.2) is 53.4 Å². The molecular weight excluding hydrogens is 300 g/mol. The fraction of sp³-hybridized carbons (Fsp3) is 0.125. The minimum absolute atomic E-state index is 0.0305. The van der Waals surface area contributed by atoms with Crippen LogP contribution in [-0.4, -0.2) is 29.2 Å². The Bertz CT molecular complexity index is 716. The van der Waals surface area contributed by atoms with Gasteiger partial charge in [-0.2, -0.15) is 0 Å². The molecule has 0 aromatic heterocycles. The van der Waals surface area contributed by atoms with E-state index >= 15 is 0 Å². The van der Waals surface area contributed by atoms with Gasteiger partial charge in [-0.1, -0.05) is 12.1 Å². The van der Waals surface area contributed by atoms with Gasteiger partial charge >= 0.3 is 0 Å². The summed E-state index contributed by atoms with van der Waals surface area (Å²) in [7, 11) is 0. The molecule has 0 unspecified atom stereocenters. The van der Waals surface area contributed by atoms with E-state index in [2.05, 4.69) is 5.32 Å². The Morgan fingerprint density at radius 3 is 2.68 bits per heavy atom. The van der Waals surface area contributed by atoms with E-state index in [9.17, 15) is 14.7 Å². The fourth-order valence-corrected chi connectivity index (χ4v) is 3.15. The molecule has 22 heavy (non-hydrogen) atoms. The summed E-state index contributed by atoms with van der Waals surface area (Å²) in [4.78, 5) is 26.7. The quantitative estimate of drug-likeness (QED) is 0.854. The second-order valence-corrected chi connectivity index (χ2v) is 5.85. The molecule has 0 saturated carbocycles. The van der Waals surface area contributed by atoms with Gasteiger partial charge in [0, 0.05) is 10.6 Å². The number of thioether (sulfide) groups is 1. The Hall–Kier alpha value is -2.47. The van der Waals surface area contributed by atoms with Crippen molar-refractivity contribution in [3.63, 3.8) is 0 Å². The number of aromatic hydroxyl groups is 1. The molecular formula is C16H14N2O3S. The molecule has 2 amide bonds. The van der Waals surface area contributed by atoms with Crippen LogP contribution >= 0.6 is 11.8 Å². The number of nitrogens with one attached hydrogen (secondary N) is 1. The highest BCUT2D eigenvalue weighted by atomic mass is 32.2. The number of para-hydroxylation sites is 1. The van der Waals surface area contributed by atoms with Gasteiger partial charge in [-0.05, 0) is 36.4 Å². The standard InChI is InChI=1S/C16H14N2O3S/c19-12-7-5-11(6-8-12)17-15(20)9-18-13-3-1-2-4-14(13)22-10-16(18)21/h1-8,19H,9-10H2,(H,17,20). The average molecular weight is 314 g/mol. The van der Waals surface area contributed by atoms with Gasteiger partial charge in [-0.15, -0.1) is 11.8 Å². The van der Waals surface area contributed by atoms with Crippen molar-refractivity contribution in [2.45, 2.75) is 4.90 Å². The molecule has 0 aliphatic carbocycles. The van der Waals surface area contributed by atoms with Gasteiger partial charge in [-0.25, -0.2) is 0 Å². The van der Waals surface area contributed by atoms with Crippen LogP contribution in [0.4, 0.5) is 11.4 Å². The zero-order chi connectivity index (χ0) is 15.5. The van der Waals surface area contributed by atoms with Crippen LogP contribution in [0.5, 0.6) is 5.75 Å². The first-order valence-electron chi connectivity index (χ1n) is 6.74. The van der Waals surface area contributed by atoms with Crippen molar-refractivity contribution in [2.75, 3.05) is 22.5 Å². The largest absolute Gasteiger partial charge is 0.508 e. The minimum Gasteiger partial charge on any atom is -0.508 e. The van der Waals surface area contributed by atoms with Gasteiger partial charge in [0.1, 0.15) is 12.3 Å². The molecule has 1 aliphatic heterocycles. The van der Waals surface area contributed by atoms with E-state index in [1.165, 1.54) is 28.8 Å². The predicted octanol–water partition coefficient (Wildman–Crippen LogP) is 2.47. The minimum atomic E-state index is -0.277. The van der Waals surface area contributed by atoms with E-state index < -0.39 is 0 Å². The maximum absolute atomic E-state index is 12.1. The maximum Gasteiger partial charge on any atom is 0.244 e. The fourth-order valence-electron chi connectivity index (χ4n) is 2.22. The molecule has 2 aromatic carbocycles. The summed E-state index contributed by atoms with van der Waals surface area (Å²) in [5.74, 6) is 0.115. The van der Waals surface area contributed by atoms with Crippen LogP contribution in [0.2, 0.25) is 0 Å². The second kappa shape index (κ2) is 6.11. The molecule has 5 nitrogen and oxygen atoms in total. The Labute approximate surface area is 131 Å². The normalized spacial score (nSPS) is 13.6. The summed E-state index contributed by atoms with van der Waals surface area (Å²) in [6.45, 7) is -0.0305. The Kier molecular flexibility index (Phi) is 4.02. The summed E-state index contributed by atoms with van der Waals surface area (Å²) in [6, 6.07) is 13.7. The molecule has 0 bridgehead atoms. The number of carbonyl (C=O) groups is 2. The highest BCUT2D eigenvalue weighted by Gasteiger charge is 2.26. The Morgan fingerprint density at radius 2 is 1.91 bits per heavy atom. The summed E-state index contributed by atoms with van der Waals surface area (Å²) in [5, 5.41) is 11.9. The summed E-state index contributed by atoms with van der Waals surface area (Å²) in [5.41, 5.74) is 1.35. The van der Waals surface area contributed by atoms with E-state index in [1.807, 2.05) is 24.3 Å². The van der Waals surface area contributed by atoms with E-state index in [4.69, 9.17) is 0 Å². The van der Waals surface area contributed by atoms with Crippen molar-refractivity contribution < 1.29 is 14.7 Å². The molecule has 2 aromatic rings. The van der Waals surface area contributed by atoms with Crippen LogP contribution in [0, 0.1) is 0 Å². The van der Waals surface area contributed by atoms with Crippen molar-refractivity contribution >= 4 is 35.0 Å². The Morgan fingerprint density at radius 1 is 1.18 bits per heavy atom. The lowest BCUT2D eigenvalue weighted by Crippen LogP contribution is -2.41. The number of anilines is 2. The number of benzene rings is 2. The first-order chi connectivity index (χ1) is 10.6. The third-order valence-corrected chi connectivity index (χ3v) is 4.31. The molecule has 1 aliphatic rings. The summed E-state index contributed by atoms with van der Waals surface area (Å²) in [6.07, 6.45) is 0. The molecule has 112 valence electrons. The topological polar surface area (TPSA) is 69.6 Å². The van der Waals surface area contributed by atoms with Crippen molar-refractivity contribution in [2.24, 2.45) is 0 Å². The number of fused-ring (bicyclic) bond motifs is 1. The Balaban J connectivity index is 1.73. The van der Waals surface area contributed by atoms with Crippen LogP contribution in [-0.2, 0) is 9.59 Å². The molecule has 0 radical (unpaired) electrons. The number of amides is 2. The van der Waals surface area contributed by atoms with Crippen LogP contribution < -0.4 is 10.2 Å². The molecule has 0 saturated heterocycles. The lowest BCUT2D eigenvalue weighted by molar-refractivity contribution is -0.120. The van der Waals surface area contributed by atoms with Crippen LogP contribution in [0.3, 0.4) is 0 Å². The number of rotatable bonds is 3. The van der Waals surface area contributed by atoms with Gasteiger partial charge in [0.05, 0.1) is 11.4 Å².